The molecule has 80 valence electrons. The highest BCUT2D eigenvalue weighted by molar-refractivity contribution is 5.88. The van der Waals surface area contributed by atoms with Crippen molar-refractivity contribution in [3.05, 3.63) is 58.4 Å². The molecule has 0 spiro atoms. The Labute approximate surface area is 91.2 Å². The molecule has 0 aliphatic carbocycles. The fourth-order valence-electron chi connectivity index (χ4n) is 1.44. The van der Waals surface area contributed by atoms with Gasteiger partial charge in [0.1, 0.15) is 0 Å². The van der Waals surface area contributed by atoms with Crippen LogP contribution in [0.25, 0.3) is 11.3 Å². The summed E-state index contributed by atoms with van der Waals surface area (Å²) >= 11 is 0. The molecule has 2 N–H and O–H groups in total. The van der Waals surface area contributed by atoms with Crippen molar-refractivity contribution in [2.45, 2.75) is 0 Å². The van der Waals surface area contributed by atoms with Crippen molar-refractivity contribution in [3.63, 3.8) is 0 Å². The van der Waals surface area contributed by atoms with E-state index >= 15 is 0 Å². The van der Waals surface area contributed by atoms with Gasteiger partial charge in [0.2, 0.25) is 5.56 Å². The van der Waals surface area contributed by atoms with Gasteiger partial charge >= 0.3 is 5.97 Å². The van der Waals surface area contributed by atoms with Gasteiger partial charge in [0.05, 0.1) is 5.56 Å². The molecular weight excluding hydrogens is 206 g/mol. The van der Waals surface area contributed by atoms with Crippen molar-refractivity contribution >= 4 is 5.97 Å². The molecular formula is C12H9NO3. The predicted molar refractivity (Wildman–Crippen MR) is 59.5 cm³/mol. The van der Waals surface area contributed by atoms with E-state index in [1.807, 2.05) is 18.2 Å². The van der Waals surface area contributed by atoms with E-state index in [-0.39, 0.29) is 5.56 Å². The molecule has 16 heavy (non-hydrogen) atoms. The monoisotopic (exact) mass is 215 g/mol. The van der Waals surface area contributed by atoms with E-state index in [1.54, 1.807) is 12.1 Å². The summed E-state index contributed by atoms with van der Waals surface area (Å²) in [5.74, 6) is -1.11. The van der Waals surface area contributed by atoms with Gasteiger partial charge in [0.15, 0.2) is 0 Å². The number of aromatic amines is 1. The molecule has 0 aliphatic heterocycles. The van der Waals surface area contributed by atoms with E-state index < -0.39 is 11.5 Å². The molecule has 1 aromatic heterocycles. The number of aromatic nitrogens is 1. The first-order valence-corrected chi connectivity index (χ1v) is 4.70. The van der Waals surface area contributed by atoms with Crippen LogP contribution in [-0.4, -0.2) is 16.1 Å². The molecule has 0 atom stereocenters. The van der Waals surface area contributed by atoms with Crippen LogP contribution in [0, 0.1) is 0 Å². The van der Waals surface area contributed by atoms with E-state index in [9.17, 15) is 9.59 Å². The van der Waals surface area contributed by atoms with Crippen molar-refractivity contribution in [2.24, 2.45) is 0 Å². The number of carboxylic acid groups (broad SMARTS) is 1. The van der Waals surface area contributed by atoms with Crippen LogP contribution in [0.15, 0.2) is 47.3 Å². The summed E-state index contributed by atoms with van der Waals surface area (Å²) in [5.41, 5.74) is 0.856. The van der Waals surface area contributed by atoms with E-state index in [0.717, 1.165) is 11.6 Å². The SMILES string of the molecule is O=C(O)c1cc(-c2ccccc2)[nH]c(=O)c1. The smallest absolute Gasteiger partial charge is 0.335 e. The number of pyridine rings is 1. The van der Waals surface area contributed by atoms with Crippen molar-refractivity contribution < 1.29 is 9.90 Å². The molecule has 2 rings (SSSR count). The van der Waals surface area contributed by atoms with Gasteiger partial charge in [-0.1, -0.05) is 30.3 Å². The van der Waals surface area contributed by atoms with Gasteiger partial charge in [-0.25, -0.2) is 4.79 Å². The molecule has 0 saturated heterocycles. The number of carboxylic acids is 1. The Morgan fingerprint density at radius 3 is 2.44 bits per heavy atom. The second kappa shape index (κ2) is 4.02. The van der Waals surface area contributed by atoms with Gasteiger partial charge in [-0.3, -0.25) is 4.79 Å². The number of hydrogen-bond acceptors (Lipinski definition) is 2. The molecule has 0 unspecified atom stereocenters. The standard InChI is InChI=1S/C12H9NO3/c14-11-7-9(12(15)16)6-10(13-11)8-4-2-1-3-5-8/h1-7H,(H,13,14)(H,15,16). The quantitative estimate of drug-likeness (QED) is 0.801. The van der Waals surface area contributed by atoms with Crippen LogP contribution in [0.5, 0.6) is 0 Å². The highest BCUT2D eigenvalue weighted by atomic mass is 16.4. The largest absolute Gasteiger partial charge is 0.478 e. The Balaban J connectivity index is 2.58. The third-order valence-corrected chi connectivity index (χ3v) is 2.18. The number of H-pyrrole nitrogens is 1. The summed E-state index contributed by atoms with van der Waals surface area (Å²) in [4.78, 5) is 24.7. The average molecular weight is 215 g/mol. The van der Waals surface area contributed by atoms with Crippen molar-refractivity contribution in [3.8, 4) is 11.3 Å². The fraction of sp³-hybridized carbons (Fsp3) is 0. The van der Waals surface area contributed by atoms with Gasteiger partial charge in [-0.2, -0.15) is 0 Å². The number of rotatable bonds is 2. The Morgan fingerprint density at radius 1 is 1.12 bits per heavy atom. The molecule has 1 aromatic carbocycles. The summed E-state index contributed by atoms with van der Waals surface area (Å²) < 4.78 is 0. The highest BCUT2D eigenvalue weighted by Crippen LogP contribution is 2.15. The number of nitrogens with one attached hydrogen (secondary N) is 1. The van der Waals surface area contributed by atoms with Crippen LogP contribution in [-0.2, 0) is 0 Å². The summed E-state index contributed by atoms with van der Waals surface area (Å²) in [5, 5.41) is 8.83. The molecule has 0 saturated carbocycles. The normalized spacial score (nSPS) is 10.0. The minimum Gasteiger partial charge on any atom is -0.478 e. The lowest BCUT2D eigenvalue weighted by Gasteiger charge is -2.02. The summed E-state index contributed by atoms with van der Waals surface area (Å²) in [6.45, 7) is 0. The molecule has 0 fully saturated rings. The van der Waals surface area contributed by atoms with Crippen molar-refractivity contribution in [2.75, 3.05) is 0 Å². The van der Waals surface area contributed by atoms with Gasteiger partial charge in [0.25, 0.3) is 0 Å². The molecule has 2 aromatic rings. The van der Waals surface area contributed by atoms with E-state index in [0.29, 0.717) is 5.69 Å². The first kappa shape index (κ1) is 10.2. The Morgan fingerprint density at radius 2 is 1.81 bits per heavy atom. The molecule has 1 heterocycles. The molecule has 0 amide bonds. The van der Waals surface area contributed by atoms with Gasteiger partial charge in [0, 0.05) is 11.8 Å². The topological polar surface area (TPSA) is 70.2 Å². The van der Waals surface area contributed by atoms with Crippen molar-refractivity contribution in [1.82, 2.24) is 4.98 Å². The molecule has 4 heteroatoms. The van der Waals surface area contributed by atoms with Crippen LogP contribution >= 0.6 is 0 Å². The van der Waals surface area contributed by atoms with Crippen molar-refractivity contribution in [1.29, 1.82) is 0 Å². The molecule has 0 aliphatic rings. The maximum Gasteiger partial charge on any atom is 0.335 e. The lowest BCUT2D eigenvalue weighted by Crippen LogP contribution is -2.10. The average Bonchev–Trinajstić information content (AvgIpc) is 2.29. The van der Waals surface area contributed by atoms with Gasteiger partial charge in [-0.05, 0) is 11.6 Å². The lowest BCUT2D eigenvalue weighted by atomic mass is 10.1. The molecule has 0 radical (unpaired) electrons. The van der Waals surface area contributed by atoms with E-state index in [1.165, 1.54) is 6.07 Å². The molecule has 4 nitrogen and oxygen atoms in total. The maximum absolute atomic E-state index is 11.3. The zero-order chi connectivity index (χ0) is 11.5. The fourth-order valence-corrected chi connectivity index (χ4v) is 1.44. The number of aromatic carboxylic acids is 1. The zero-order valence-electron chi connectivity index (χ0n) is 8.31. The molecule has 0 bridgehead atoms. The minimum atomic E-state index is -1.11. The van der Waals surface area contributed by atoms with Crippen LogP contribution in [0.4, 0.5) is 0 Å². The Kier molecular flexibility index (Phi) is 2.55. The van der Waals surface area contributed by atoms with Crippen LogP contribution in [0.1, 0.15) is 10.4 Å². The van der Waals surface area contributed by atoms with E-state index in [2.05, 4.69) is 4.98 Å². The summed E-state index contributed by atoms with van der Waals surface area (Å²) in [6.07, 6.45) is 0. The Bertz CT molecular complexity index is 572. The van der Waals surface area contributed by atoms with Crippen LogP contribution in [0.2, 0.25) is 0 Å². The second-order valence-electron chi connectivity index (χ2n) is 3.32. The predicted octanol–water partition coefficient (Wildman–Crippen LogP) is 1.74. The maximum atomic E-state index is 11.3. The first-order chi connectivity index (χ1) is 7.66. The highest BCUT2D eigenvalue weighted by Gasteiger charge is 2.06. The number of carbonyl (C=O) groups is 1. The van der Waals surface area contributed by atoms with Gasteiger partial charge < -0.3 is 10.1 Å². The number of benzene rings is 1. The summed E-state index contributed by atoms with van der Waals surface area (Å²) in [7, 11) is 0. The third-order valence-electron chi connectivity index (χ3n) is 2.18. The third kappa shape index (κ3) is 2.00. The van der Waals surface area contributed by atoms with E-state index in [4.69, 9.17) is 5.11 Å². The Hall–Kier alpha value is -2.36. The number of hydrogen-bond donors (Lipinski definition) is 2. The summed E-state index contributed by atoms with van der Waals surface area (Å²) in [6, 6.07) is 11.6. The lowest BCUT2D eigenvalue weighted by molar-refractivity contribution is 0.0696. The first-order valence-electron chi connectivity index (χ1n) is 4.70. The van der Waals surface area contributed by atoms with Crippen LogP contribution < -0.4 is 5.56 Å². The second-order valence-corrected chi connectivity index (χ2v) is 3.32. The van der Waals surface area contributed by atoms with Gasteiger partial charge in [-0.15, -0.1) is 0 Å². The zero-order valence-corrected chi connectivity index (χ0v) is 8.31. The van der Waals surface area contributed by atoms with Crippen LogP contribution in [0.3, 0.4) is 0 Å². The minimum absolute atomic E-state index is 0.0115.